The van der Waals surface area contributed by atoms with Crippen molar-refractivity contribution in [3.8, 4) is 11.1 Å². The van der Waals surface area contributed by atoms with E-state index in [-0.39, 0.29) is 5.78 Å². The van der Waals surface area contributed by atoms with Crippen molar-refractivity contribution in [3.05, 3.63) is 58.7 Å². The molecule has 0 aliphatic heterocycles. The lowest BCUT2D eigenvalue weighted by molar-refractivity contribution is 0.0981. The van der Waals surface area contributed by atoms with Gasteiger partial charge in [0.25, 0.3) is 0 Å². The van der Waals surface area contributed by atoms with Crippen molar-refractivity contribution in [3.63, 3.8) is 0 Å². The van der Waals surface area contributed by atoms with Gasteiger partial charge in [0.1, 0.15) is 0 Å². The fraction of sp³-hybridized carbons (Fsp3) is 0.316. The molecule has 2 aromatic rings. The molecule has 20 heavy (non-hydrogen) atoms. The van der Waals surface area contributed by atoms with Gasteiger partial charge in [0, 0.05) is 12.0 Å². The Morgan fingerprint density at radius 3 is 2.25 bits per heavy atom. The van der Waals surface area contributed by atoms with Gasteiger partial charge in [-0.2, -0.15) is 0 Å². The molecule has 2 aromatic carbocycles. The van der Waals surface area contributed by atoms with E-state index in [2.05, 4.69) is 45.0 Å². The third-order valence-corrected chi connectivity index (χ3v) is 3.83. The van der Waals surface area contributed by atoms with Crippen LogP contribution in [0.4, 0.5) is 0 Å². The first-order valence-corrected chi connectivity index (χ1v) is 7.24. The van der Waals surface area contributed by atoms with E-state index in [1.165, 1.54) is 27.8 Å². The van der Waals surface area contributed by atoms with E-state index in [9.17, 15) is 4.79 Å². The van der Waals surface area contributed by atoms with Crippen LogP contribution in [0, 0.1) is 20.8 Å². The van der Waals surface area contributed by atoms with E-state index >= 15 is 0 Å². The van der Waals surface area contributed by atoms with Crippen LogP contribution in [-0.4, -0.2) is 5.78 Å². The van der Waals surface area contributed by atoms with E-state index in [1.54, 1.807) is 0 Å². The van der Waals surface area contributed by atoms with E-state index in [1.807, 2.05) is 19.1 Å². The lowest BCUT2D eigenvalue weighted by Gasteiger charge is -2.12. The van der Waals surface area contributed by atoms with Gasteiger partial charge in [-0.1, -0.05) is 36.8 Å². The molecule has 0 amide bonds. The van der Waals surface area contributed by atoms with Gasteiger partial charge in [0.05, 0.1) is 0 Å². The molecule has 0 aliphatic rings. The second-order valence-corrected chi connectivity index (χ2v) is 5.50. The predicted octanol–water partition coefficient (Wildman–Crippen LogP) is 5.26. The van der Waals surface area contributed by atoms with Crippen molar-refractivity contribution in [1.29, 1.82) is 0 Å². The summed E-state index contributed by atoms with van der Waals surface area (Å²) in [6.07, 6.45) is 1.52. The molecule has 0 saturated carbocycles. The second-order valence-electron chi connectivity index (χ2n) is 5.50. The van der Waals surface area contributed by atoms with Crippen molar-refractivity contribution < 1.29 is 4.79 Å². The number of hydrogen-bond donors (Lipinski definition) is 0. The van der Waals surface area contributed by atoms with E-state index in [0.29, 0.717) is 6.42 Å². The van der Waals surface area contributed by atoms with Gasteiger partial charge < -0.3 is 0 Å². The molecule has 0 saturated heterocycles. The van der Waals surface area contributed by atoms with Crippen molar-refractivity contribution in [2.45, 2.75) is 40.5 Å². The average molecular weight is 266 g/mol. The van der Waals surface area contributed by atoms with Crippen LogP contribution in [0.15, 0.2) is 36.4 Å². The van der Waals surface area contributed by atoms with E-state index in [0.717, 1.165) is 12.0 Å². The van der Waals surface area contributed by atoms with Crippen molar-refractivity contribution >= 4 is 5.78 Å². The highest BCUT2D eigenvalue weighted by molar-refractivity contribution is 5.97. The Bertz CT molecular complexity index is 621. The number of carbonyl (C=O) groups excluding carboxylic acids is 1. The molecule has 0 bridgehead atoms. The summed E-state index contributed by atoms with van der Waals surface area (Å²) in [5.41, 5.74) is 6.88. The summed E-state index contributed by atoms with van der Waals surface area (Å²) in [6, 6.07) is 12.6. The van der Waals surface area contributed by atoms with Gasteiger partial charge in [-0.05, 0) is 61.6 Å². The number of ketones is 1. The smallest absolute Gasteiger partial charge is 0.162 e. The number of hydrogen-bond acceptors (Lipinski definition) is 1. The summed E-state index contributed by atoms with van der Waals surface area (Å²) in [6.45, 7) is 8.33. The van der Waals surface area contributed by atoms with Gasteiger partial charge in [0.15, 0.2) is 5.78 Å². The Morgan fingerprint density at radius 1 is 1.00 bits per heavy atom. The highest BCUT2D eigenvalue weighted by Gasteiger charge is 2.11. The molecule has 0 aliphatic carbocycles. The summed E-state index contributed by atoms with van der Waals surface area (Å²) in [7, 11) is 0. The molecule has 104 valence electrons. The first kappa shape index (κ1) is 14.5. The molecule has 0 N–H and O–H groups in total. The van der Waals surface area contributed by atoms with E-state index < -0.39 is 0 Å². The maximum atomic E-state index is 12.1. The second kappa shape index (κ2) is 6.04. The highest BCUT2D eigenvalue weighted by Crippen LogP contribution is 2.28. The number of Topliss-reactive ketones (excluding diaryl/α,β-unsaturated/α-hetero) is 1. The molecule has 0 spiro atoms. The molecule has 0 radical (unpaired) electrons. The monoisotopic (exact) mass is 266 g/mol. The van der Waals surface area contributed by atoms with E-state index in [4.69, 9.17) is 0 Å². The van der Waals surface area contributed by atoms with Crippen LogP contribution in [-0.2, 0) is 0 Å². The fourth-order valence-electron chi connectivity index (χ4n) is 2.42. The summed E-state index contributed by atoms with van der Waals surface area (Å²) >= 11 is 0. The standard InChI is InChI=1S/C19H22O/c1-5-6-19(20)17-11-14(3)15(4)18(12-17)16-9-7-13(2)8-10-16/h7-12H,5-6H2,1-4H3. The van der Waals surface area contributed by atoms with Gasteiger partial charge in [-0.25, -0.2) is 0 Å². The van der Waals surface area contributed by atoms with Crippen LogP contribution >= 0.6 is 0 Å². The topological polar surface area (TPSA) is 17.1 Å². The first-order valence-electron chi connectivity index (χ1n) is 7.24. The molecular weight excluding hydrogens is 244 g/mol. The number of rotatable bonds is 4. The zero-order valence-electron chi connectivity index (χ0n) is 12.8. The maximum Gasteiger partial charge on any atom is 0.162 e. The minimum Gasteiger partial charge on any atom is -0.294 e. The third kappa shape index (κ3) is 2.98. The lowest BCUT2D eigenvalue weighted by Crippen LogP contribution is -2.01. The van der Waals surface area contributed by atoms with Gasteiger partial charge >= 0.3 is 0 Å². The van der Waals surface area contributed by atoms with Gasteiger partial charge in [-0.15, -0.1) is 0 Å². The average Bonchev–Trinajstić information content (AvgIpc) is 2.43. The quantitative estimate of drug-likeness (QED) is 0.690. The first-order chi connectivity index (χ1) is 9.52. The summed E-state index contributed by atoms with van der Waals surface area (Å²) in [4.78, 5) is 12.1. The molecule has 2 rings (SSSR count). The van der Waals surface area contributed by atoms with Crippen LogP contribution in [0.3, 0.4) is 0 Å². The van der Waals surface area contributed by atoms with Crippen molar-refractivity contribution in [1.82, 2.24) is 0 Å². The molecule has 0 heterocycles. The molecule has 0 fully saturated rings. The molecule has 0 aromatic heterocycles. The Labute approximate surface area is 121 Å². The molecule has 0 unspecified atom stereocenters. The van der Waals surface area contributed by atoms with Crippen LogP contribution < -0.4 is 0 Å². The number of aryl methyl sites for hydroxylation is 2. The lowest BCUT2D eigenvalue weighted by atomic mass is 9.92. The number of carbonyl (C=O) groups is 1. The summed E-state index contributed by atoms with van der Waals surface area (Å²) < 4.78 is 0. The van der Waals surface area contributed by atoms with Crippen molar-refractivity contribution in [2.24, 2.45) is 0 Å². The Morgan fingerprint density at radius 2 is 1.65 bits per heavy atom. The normalized spacial score (nSPS) is 10.6. The zero-order chi connectivity index (χ0) is 14.7. The van der Waals surface area contributed by atoms with Gasteiger partial charge in [-0.3, -0.25) is 4.79 Å². The largest absolute Gasteiger partial charge is 0.294 e. The minimum atomic E-state index is 0.240. The third-order valence-electron chi connectivity index (χ3n) is 3.83. The van der Waals surface area contributed by atoms with Crippen LogP contribution in [0.5, 0.6) is 0 Å². The minimum absolute atomic E-state index is 0.240. The fourth-order valence-corrected chi connectivity index (χ4v) is 2.42. The molecule has 0 atom stereocenters. The Kier molecular flexibility index (Phi) is 4.39. The molecule has 1 heteroatoms. The predicted molar refractivity (Wildman–Crippen MR) is 85.3 cm³/mol. The number of benzene rings is 2. The Hall–Kier alpha value is -1.89. The van der Waals surface area contributed by atoms with Crippen molar-refractivity contribution in [2.75, 3.05) is 0 Å². The van der Waals surface area contributed by atoms with Crippen LogP contribution in [0.1, 0.15) is 46.8 Å². The Balaban J connectivity index is 2.52. The molecular formula is C19H22O. The summed E-state index contributed by atoms with van der Waals surface area (Å²) in [5.74, 6) is 0.240. The van der Waals surface area contributed by atoms with Crippen LogP contribution in [0.25, 0.3) is 11.1 Å². The van der Waals surface area contributed by atoms with Crippen LogP contribution in [0.2, 0.25) is 0 Å². The highest BCUT2D eigenvalue weighted by atomic mass is 16.1. The molecule has 1 nitrogen and oxygen atoms in total. The van der Waals surface area contributed by atoms with Gasteiger partial charge in [0.2, 0.25) is 0 Å². The summed E-state index contributed by atoms with van der Waals surface area (Å²) in [5, 5.41) is 0. The maximum absolute atomic E-state index is 12.1. The zero-order valence-corrected chi connectivity index (χ0v) is 12.8. The SMILES string of the molecule is CCCC(=O)c1cc(C)c(C)c(-c2ccc(C)cc2)c1.